The molecule has 0 saturated carbocycles. The van der Waals surface area contributed by atoms with Gasteiger partial charge >= 0.3 is 5.97 Å². The number of carbonyl (C=O) groups is 2. The summed E-state index contributed by atoms with van der Waals surface area (Å²) in [4.78, 5) is 27.9. The van der Waals surface area contributed by atoms with Crippen LogP contribution in [-0.4, -0.2) is 28.5 Å². The van der Waals surface area contributed by atoms with Crippen LogP contribution in [0.1, 0.15) is 43.2 Å². The largest absolute Gasteiger partial charge is 0.478 e. The first-order valence-corrected chi connectivity index (χ1v) is 7.89. The Kier molecular flexibility index (Phi) is 5.27. The van der Waals surface area contributed by atoms with Gasteiger partial charge in [-0.3, -0.25) is 4.79 Å². The molecule has 0 aliphatic heterocycles. The number of aromatic carboxylic acids is 1. The standard InChI is InChI=1S/C16H18N2O3S/c1-3-13-18-10(2)14(22-13)15(19)17-9-8-11-4-6-12(7-5-11)16(20)21/h4-7H,3,8-9H2,1-2H3,(H,17,19)(H,20,21). The van der Waals surface area contributed by atoms with Gasteiger partial charge in [-0.15, -0.1) is 11.3 Å². The van der Waals surface area contributed by atoms with Crippen molar-refractivity contribution in [2.24, 2.45) is 0 Å². The van der Waals surface area contributed by atoms with Crippen LogP contribution in [0.4, 0.5) is 0 Å². The average molecular weight is 318 g/mol. The van der Waals surface area contributed by atoms with Crippen LogP contribution in [-0.2, 0) is 12.8 Å². The van der Waals surface area contributed by atoms with Gasteiger partial charge in [-0.25, -0.2) is 9.78 Å². The lowest BCUT2D eigenvalue weighted by Gasteiger charge is -2.05. The fourth-order valence-electron chi connectivity index (χ4n) is 2.03. The van der Waals surface area contributed by atoms with Crippen LogP contribution in [0, 0.1) is 6.92 Å². The van der Waals surface area contributed by atoms with E-state index in [-0.39, 0.29) is 11.5 Å². The van der Waals surface area contributed by atoms with Crippen molar-refractivity contribution in [3.8, 4) is 0 Å². The maximum absolute atomic E-state index is 12.1. The Morgan fingerprint density at radius 3 is 2.50 bits per heavy atom. The number of nitrogens with one attached hydrogen (secondary N) is 1. The van der Waals surface area contributed by atoms with Crippen molar-refractivity contribution in [2.75, 3.05) is 6.54 Å². The van der Waals surface area contributed by atoms with Crippen molar-refractivity contribution in [3.63, 3.8) is 0 Å². The summed E-state index contributed by atoms with van der Waals surface area (Å²) in [6.45, 7) is 4.36. The molecule has 5 nitrogen and oxygen atoms in total. The number of amides is 1. The molecule has 22 heavy (non-hydrogen) atoms. The molecular formula is C16H18N2O3S. The van der Waals surface area contributed by atoms with Gasteiger partial charge in [-0.05, 0) is 37.5 Å². The van der Waals surface area contributed by atoms with Gasteiger partial charge in [0.05, 0.1) is 16.3 Å². The Morgan fingerprint density at radius 2 is 1.95 bits per heavy atom. The van der Waals surface area contributed by atoms with Crippen molar-refractivity contribution >= 4 is 23.2 Å². The summed E-state index contributed by atoms with van der Waals surface area (Å²) in [5.74, 6) is -1.04. The first-order valence-electron chi connectivity index (χ1n) is 7.08. The quantitative estimate of drug-likeness (QED) is 0.858. The van der Waals surface area contributed by atoms with Crippen LogP contribution < -0.4 is 5.32 Å². The van der Waals surface area contributed by atoms with Crippen LogP contribution in [0.15, 0.2) is 24.3 Å². The molecule has 0 unspecified atom stereocenters. The molecule has 1 aromatic carbocycles. The van der Waals surface area contributed by atoms with Crippen molar-refractivity contribution in [2.45, 2.75) is 26.7 Å². The van der Waals surface area contributed by atoms with Crippen LogP contribution in [0.5, 0.6) is 0 Å². The summed E-state index contributed by atoms with van der Waals surface area (Å²) in [5, 5.41) is 12.7. The number of benzene rings is 1. The minimum absolute atomic E-state index is 0.100. The number of nitrogens with zero attached hydrogens (tertiary/aromatic N) is 1. The van der Waals surface area contributed by atoms with Crippen LogP contribution in [0.3, 0.4) is 0 Å². The van der Waals surface area contributed by atoms with Gasteiger partial charge in [0.2, 0.25) is 0 Å². The summed E-state index contributed by atoms with van der Waals surface area (Å²) in [6, 6.07) is 6.67. The number of aromatic nitrogens is 1. The summed E-state index contributed by atoms with van der Waals surface area (Å²) >= 11 is 1.43. The molecule has 2 rings (SSSR count). The van der Waals surface area contributed by atoms with Gasteiger partial charge in [0.1, 0.15) is 4.88 Å². The van der Waals surface area contributed by atoms with Gasteiger partial charge in [0, 0.05) is 6.54 Å². The highest BCUT2D eigenvalue weighted by molar-refractivity contribution is 7.13. The number of hydrogen-bond donors (Lipinski definition) is 2. The molecule has 1 aromatic heterocycles. The van der Waals surface area contributed by atoms with Gasteiger partial charge in [-0.1, -0.05) is 19.1 Å². The monoisotopic (exact) mass is 318 g/mol. The number of carboxylic acids is 1. The molecular weight excluding hydrogens is 300 g/mol. The van der Waals surface area contributed by atoms with Crippen LogP contribution >= 0.6 is 11.3 Å². The molecule has 1 heterocycles. The van der Waals surface area contributed by atoms with E-state index in [0.717, 1.165) is 22.7 Å². The Labute approximate surface area is 133 Å². The first-order chi connectivity index (χ1) is 10.5. The summed E-state index contributed by atoms with van der Waals surface area (Å²) in [6.07, 6.45) is 1.48. The molecule has 0 atom stereocenters. The zero-order valence-electron chi connectivity index (χ0n) is 12.5. The fourth-order valence-corrected chi connectivity index (χ4v) is 2.95. The zero-order valence-corrected chi connectivity index (χ0v) is 13.4. The smallest absolute Gasteiger partial charge is 0.335 e. The van der Waals surface area contributed by atoms with E-state index in [1.54, 1.807) is 24.3 Å². The Hall–Kier alpha value is -2.21. The summed E-state index contributed by atoms with van der Waals surface area (Å²) in [5.41, 5.74) is 2.02. The second-order valence-electron chi connectivity index (χ2n) is 4.88. The average Bonchev–Trinajstić information content (AvgIpc) is 2.89. The highest BCUT2D eigenvalue weighted by atomic mass is 32.1. The maximum Gasteiger partial charge on any atom is 0.335 e. The number of rotatable bonds is 6. The predicted molar refractivity (Wildman–Crippen MR) is 85.7 cm³/mol. The lowest BCUT2D eigenvalue weighted by Crippen LogP contribution is -2.25. The van der Waals surface area contributed by atoms with Crippen molar-refractivity contribution in [1.82, 2.24) is 10.3 Å². The molecule has 1 amide bonds. The van der Waals surface area contributed by atoms with Crippen molar-refractivity contribution in [3.05, 3.63) is 51.0 Å². The molecule has 2 aromatic rings. The highest BCUT2D eigenvalue weighted by Gasteiger charge is 2.14. The van der Waals surface area contributed by atoms with Crippen LogP contribution in [0.2, 0.25) is 0 Å². The second kappa shape index (κ2) is 7.17. The number of aryl methyl sites for hydroxylation is 2. The molecule has 116 valence electrons. The van der Waals surface area contributed by atoms with Gasteiger partial charge in [0.25, 0.3) is 5.91 Å². The molecule has 0 spiro atoms. The molecule has 0 radical (unpaired) electrons. The topological polar surface area (TPSA) is 79.3 Å². The van der Waals surface area contributed by atoms with E-state index in [1.165, 1.54) is 11.3 Å². The molecule has 0 aliphatic rings. The second-order valence-corrected chi connectivity index (χ2v) is 5.97. The van der Waals surface area contributed by atoms with E-state index in [1.807, 2.05) is 13.8 Å². The third-order valence-corrected chi connectivity index (χ3v) is 4.55. The third kappa shape index (κ3) is 3.92. The van der Waals surface area contributed by atoms with E-state index in [0.29, 0.717) is 17.8 Å². The molecule has 0 saturated heterocycles. The minimum Gasteiger partial charge on any atom is -0.478 e. The van der Waals surface area contributed by atoms with Crippen LogP contribution in [0.25, 0.3) is 0 Å². The lowest BCUT2D eigenvalue weighted by molar-refractivity contribution is 0.0696. The maximum atomic E-state index is 12.1. The van der Waals surface area contributed by atoms with E-state index in [9.17, 15) is 9.59 Å². The predicted octanol–water partition coefficient (Wildman–Crippen LogP) is 2.68. The Bertz CT molecular complexity index is 677. The molecule has 6 heteroatoms. The lowest BCUT2D eigenvalue weighted by atomic mass is 10.1. The van der Waals surface area contributed by atoms with E-state index in [4.69, 9.17) is 5.11 Å². The highest BCUT2D eigenvalue weighted by Crippen LogP contribution is 2.18. The molecule has 2 N–H and O–H groups in total. The van der Waals surface area contributed by atoms with Crippen molar-refractivity contribution in [1.29, 1.82) is 0 Å². The molecule has 0 fully saturated rings. The number of thiazole rings is 1. The van der Waals surface area contributed by atoms with Gasteiger partial charge < -0.3 is 10.4 Å². The SMILES string of the molecule is CCc1nc(C)c(C(=O)NCCc2ccc(C(=O)O)cc2)s1. The van der Waals surface area contributed by atoms with Gasteiger partial charge in [-0.2, -0.15) is 0 Å². The normalized spacial score (nSPS) is 10.5. The Balaban J connectivity index is 1.88. The van der Waals surface area contributed by atoms with Crippen molar-refractivity contribution < 1.29 is 14.7 Å². The van der Waals surface area contributed by atoms with E-state index >= 15 is 0 Å². The zero-order chi connectivity index (χ0) is 16.1. The molecule has 0 bridgehead atoms. The summed E-state index contributed by atoms with van der Waals surface area (Å²) in [7, 11) is 0. The van der Waals surface area contributed by atoms with E-state index < -0.39 is 5.97 Å². The third-order valence-electron chi connectivity index (χ3n) is 3.25. The number of carboxylic acid groups (broad SMARTS) is 1. The fraction of sp³-hybridized carbons (Fsp3) is 0.312. The first kappa shape index (κ1) is 16.2. The minimum atomic E-state index is -0.938. The van der Waals surface area contributed by atoms with Gasteiger partial charge in [0.15, 0.2) is 0 Å². The molecule has 0 aliphatic carbocycles. The Morgan fingerprint density at radius 1 is 1.27 bits per heavy atom. The number of hydrogen-bond acceptors (Lipinski definition) is 4. The summed E-state index contributed by atoms with van der Waals surface area (Å²) < 4.78 is 0. The van der Waals surface area contributed by atoms with E-state index in [2.05, 4.69) is 10.3 Å². The number of carbonyl (C=O) groups excluding carboxylic acids is 1.